The molecule has 2 aromatic heterocycles. The summed E-state index contributed by atoms with van der Waals surface area (Å²) in [5.74, 6) is 0.874. The van der Waals surface area contributed by atoms with Crippen LogP contribution in [0.3, 0.4) is 0 Å². The Morgan fingerprint density at radius 2 is 1.89 bits per heavy atom. The Hall–Kier alpha value is -2.11. The molecule has 6 heteroatoms. The molecule has 0 radical (unpaired) electrons. The van der Waals surface area contributed by atoms with Crippen molar-refractivity contribution in [2.45, 2.75) is 46.1 Å². The lowest BCUT2D eigenvalue weighted by Gasteiger charge is -2.26. The highest BCUT2D eigenvalue weighted by atomic mass is 35.5. The van der Waals surface area contributed by atoms with Crippen LogP contribution in [0.4, 0.5) is 11.6 Å². The molecule has 1 saturated heterocycles. The number of pyridine rings is 1. The zero-order valence-electron chi connectivity index (χ0n) is 16.8. The van der Waals surface area contributed by atoms with E-state index in [0.29, 0.717) is 6.04 Å². The van der Waals surface area contributed by atoms with Gasteiger partial charge in [0.1, 0.15) is 5.52 Å². The second kappa shape index (κ2) is 7.72. The lowest BCUT2D eigenvalue weighted by atomic mass is 9.90. The normalized spacial score (nSPS) is 15.9. The van der Waals surface area contributed by atoms with Crippen LogP contribution in [-0.4, -0.2) is 27.6 Å². The van der Waals surface area contributed by atoms with E-state index in [1.807, 2.05) is 30.5 Å². The molecule has 1 aliphatic heterocycles. The summed E-state index contributed by atoms with van der Waals surface area (Å²) in [6, 6.07) is 10.4. The molecule has 5 nitrogen and oxygen atoms in total. The van der Waals surface area contributed by atoms with Gasteiger partial charge in [-0.2, -0.15) is 0 Å². The lowest BCUT2D eigenvalue weighted by Crippen LogP contribution is -2.29. The van der Waals surface area contributed by atoms with Gasteiger partial charge >= 0.3 is 0 Å². The first-order valence-electron chi connectivity index (χ1n) is 9.99. The number of fused-ring (bicyclic) bond motifs is 1. The van der Waals surface area contributed by atoms with Gasteiger partial charge in [0.25, 0.3) is 0 Å². The topological polar surface area (TPSA) is 54.8 Å². The minimum atomic E-state index is 0.199. The van der Waals surface area contributed by atoms with E-state index in [4.69, 9.17) is 16.6 Å². The van der Waals surface area contributed by atoms with Crippen LogP contribution in [-0.2, 0) is 6.42 Å². The van der Waals surface area contributed by atoms with E-state index in [1.54, 1.807) is 0 Å². The van der Waals surface area contributed by atoms with Crippen LogP contribution in [0.25, 0.3) is 11.0 Å². The fraction of sp³-hybridized carbons (Fsp3) is 0.455. The number of hydrogen-bond acceptors (Lipinski definition) is 4. The van der Waals surface area contributed by atoms with E-state index in [9.17, 15) is 0 Å². The maximum atomic E-state index is 6.04. The summed E-state index contributed by atoms with van der Waals surface area (Å²) in [6.07, 6.45) is 5.05. The number of aromatic nitrogens is 3. The third kappa shape index (κ3) is 4.31. The van der Waals surface area contributed by atoms with Gasteiger partial charge in [0.2, 0.25) is 5.95 Å². The molecule has 3 heterocycles. The first kappa shape index (κ1) is 19.2. The van der Waals surface area contributed by atoms with Crippen LogP contribution in [0.2, 0.25) is 5.02 Å². The van der Waals surface area contributed by atoms with Crippen LogP contribution in [0.15, 0.2) is 36.5 Å². The maximum absolute atomic E-state index is 6.04. The minimum Gasteiger partial charge on any atom is -0.326 e. The number of hydrogen-bond donors (Lipinski definition) is 2. The Morgan fingerprint density at radius 3 is 2.57 bits per heavy atom. The zero-order valence-corrected chi connectivity index (χ0v) is 17.6. The number of nitrogens with zero attached hydrogens (tertiary/aromatic N) is 3. The molecule has 0 unspecified atom stereocenters. The van der Waals surface area contributed by atoms with Gasteiger partial charge in [0.05, 0.1) is 11.7 Å². The van der Waals surface area contributed by atoms with Gasteiger partial charge in [-0.25, -0.2) is 4.98 Å². The van der Waals surface area contributed by atoms with Crippen molar-refractivity contribution in [1.29, 1.82) is 0 Å². The predicted octanol–water partition coefficient (Wildman–Crippen LogP) is 5.34. The molecule has 0 aliphatic carbocycles. The smallest absolute Gasteiger partial charge is 0.208 e. The van der Waals surface area contributed by atoms with Crippen LogP contribution < -0.4 is 10.6 Å². The Labute approximate surface area is 171 Å². The fourth-order valence-electron chi connectivity index (χ4n) is 3.87. The van der Waals surface area contributed by atoms with Crippen LogP contribution in [0.5, 0.6) is 0 Å². The van der Waals surface area contributed by atoms with Gasteiger partial charge in [-0.3, -0.25) is 4.98 Å². The molecule has 3 aromatic rings. The molecule has 0 amide bonds. The largest absolute Gasteiger partial charge is 0.326 e. The summed E-state index contributed by atoms with van der Waals surface area (Å²) in [7, 11) is 0. The van der Waals surface area contributed by atoms with Gasteiger partial charge in [-0.05, 0) is 68.1 Å². The Balaban J connectivity index is 1.77. The highest BCUT2D eigenvalue weighted by molar-refractivity contribution is 6.30. The number of benzene rings is 1. The molecular weight excluding hydrogens is 370 g/mol. The van der Waals surface area contributed by atoms with E-state index in [1.165, 1.54) is 0 Å². The van der Waals surface area contributed by atoms with Crippen molar-refractivity contribution >= 4 is 34.3 Å². The first-order chi connectivity index (χ1) is 13.4. The summed E-state index contributed by atoms with van der Waals surface area (Å²) in [4.78, 5) is 9.56. The number of nitrogens with one attached hydrogen (secondary N) is 2. The van der Waals surface area contributed by atoms with Crippen molar-refractivity contribution in [3.8, 4) is 0 Å². The Bertz CT molecular complexity index is 949. The van der Waals surface area contributed by atoms with Crippen molar-refractivity contribution in [1.82, 2.24) is 19.9 Å². The van der Waals surface area contributed by atoms with Crippen molar-refractivity contribution < 1.29 is 0 Å². The minimum absolute atomic E-state index is 0.199. The molecule has 0 spiro atoms. The predicted molar refractivity (Wildman–Crippen MR) is 117 cm³/mol. The monoisotopic (exact) mass is 397 g/mol. The Kier molecular flexibility index (Phi) is 5.30. The third-order valence-electron chi connectivity index (χ3n) is 5.12. The molecule has 1 aromatic carbocycles. The number of piperidine rings is 1. The number of rotatable bonds is 4. The van der Waals surface area contributed by atoms with E-state index < -0.39 is 0 Å². The summed E-state index contributed by atoms with van der Waals surface area (Å²) in [5.41, 5.74) is 4.40. The number of anilines is 2. The third-order valence-corrected chi connectivity index (χ3v) is 5.37. The second-order valence-corrected chi connectivity index (χ2v) is 9.26. The van der Waals surface area contributed by atoms with Crippen LogP contribution in [0.1, 0.15) is 45.3 Å². The fourth-order valence-corrected chi connectivity index (χ4v) is 3.99. The second-order valence-electron chi connectivity index (χ2n) is 8.82. The van der Waals surface area contributed by atoms with E-state index in [0.717, 1.165) is 65.7 Å². The lowest BCUT2D eigenvalue weighted by molar-refractivity contribution is 0.377. The first-order valence-corrected chi connectivity index (χ1v) is 10.4. The molecule has 0 bridgehead atoms. The van der Waals surface area contributed by atoms with Crippen molar-refractivity contribution in [2.75, 3.05) is 18.4 Å². The van der Waals surface area contributed by atoms with Gasteiger partial charge < -0.3 is 15.2 Å². The van der Waals surface area contributed by atoms with Crippen molar-refractivity contribution in [3.05, 3.63) is 47.2 Å². The molecule has 1 aliphatic rings. The molecule has 1 fully saturated rings. The zero-order chi connectivity index (χ0) is 19.7. The maximum Gasteiger partial charge on any atom is 0.208 e. The quantitative estimate of drug-likeness (QED) is 0.623. The molecule has 148 valence electrons. The van der Waals surface area contributed by atoms with Gasteiger partial charge in [-0.15, -0.1) is 0 Å². The highest BCUT2D eigenvalue weighted by Crippen LogP contribution is 2.32. The van der Waals surface area contributed by atoms with Gasteiger partial charge in [0.15, 0.2) is 0 Å². The van der Waals surface area contributed by atoms with E-state index in [2.05, 4.69) is 47.0 Å². The van der Waals surface area contributed by atoms with E-state index >= 15 is 0 Å². The molecule has 0 atom stereocenters. The van der Waals surface area contributed by atoms with Gasteiger partial charge in [-0.1, -0.05) is 32.4 Å². The van der Waals surface area contributed by atoms with Crippen LogP contribution in [0, 0.1) is 5.41 Å². The van der Waals surface area contributed by atoms with Crippen molar-refractivity contribution in [2.24, 2.45) is 5.41 Å². The average Bonchev–Trinajstić information content (AvgIpc) is 3.00. The number of imidazole rings is 1. The Morgan fingerprint density at radius 1 is 1.18 bits per heavy atom. The van der Waals surface area contributed by atoms with Crippen molar-refractivity contribution in [3.63, 3.8) is 0 Å². The summed E-state index contributed by atoms with van der Waals surface area (Å²) in [5, 5.41) is 7.69. The molecule has 4 rings (SSSR count). The molecule has 2 N–H and O–H groups in total. The highest BCUT2D eigenvalue weighted by Gasteiger charge is 2.23. The SMILES string of the molecule is CC(C)(C)Cc1cc2c(cn1)nc(Nc1ccc(Cl)cc1)n2C1CCNCC1. The standard InChI is InChI=1S/C22H28ClN5/c1-22(2,3)13-17-12-20-19(14-25-17)27-21(26-16-6-4-15(23)5-7-16)28(20)18-8-10-24-11-9-18/h4-7,12,14,18,24H,8-11,13H2,1-3H3,(H,26,27). The van der Waals surface area contributed by atoms with Gasteiger partial charge in [0, 0.05) is 22.4 Å². The molecule has 0 saturated carbocycles. The summed E-state index contributed by atoms with van der Waals surface area (Å²) in [6.45, 7) is 8.80. The van der Waals surface area contributed by atoms with Crippen LogP contribution >= 0.6 is 11.6 Å². The number of halogens is 1. The molecule has 28 heavy (non-hydrogen) atoms. The van der Waals surface area contributed by atoms with E-state index in [-0.39, 0.29) is 5.41 Å². The summed E-state index contributed by atoms with van der Waals surface area (Å²) < 4.78 is 2.37. The average molecular weight is 398 g/mol. The summed E-state index contributed by atoms with van der Waals surface area (Å²) >= 11 is 6.04. The molecular formula is C22H28ClN5.